The predicted molar refractivity (Wildman–Crippen MR) is 86.5 cm³/mol. The number of nitrogens with zero attached hydrogens (tertiary/aromatic N) is 3. The molecular weight excluding hydrogens is 373 g/mol. The van der Waals surface area contributed by atoms with Crippen molar-refractivity contribution in [2.24, 2.45) is 0 Å². The third-order valence-corrected chi connectivity index (χ3v) is 4.30. The Kier molecular flexibility index (Phi) is 6.61. The SMILES string of the molecule is COC(=O)C(CNC(=O)c1ccccc1)Sc1nncn1CC(F)(F)F. The third-order valence-electron chi connectivity index (χ3n) is 3.13. The van der Waals surface area contributed by atoms with Crippen LogP contribution in [0.3, 0.4) is 0 Å². The maximum absolute atomic E-state index is 12.6. The van der Waals surface area contributed by atoms with E-state index in [4.69, 9.17) is 0 Å². The Labute approximate surface area is 150 Å². The van der Waals surface area contributed by atoms with Crippen molar-refractivity contribution in [3.8, 4) is 0 Å². The van der Waals surface area contributed by atoms with E-state index in [0.717, 1.165) is 29.8 Å². The fourth-order valence-electron chi connectivity index (χ4n) is 1.95. The Bertz CT molecular complexity index is 752. The van der Waals surface area contributed by atoms with Crippen molar-refractivity contribution in [2.45, 2.75) is 23.1 Å². The lowest BCUT2D eigenvalue weighted by Gasteiger charge is -2.16. The second kappa shape index (κ2) is 8.70. The smallest absolute Gasteiger partial charge is 0.406 e. The Balaban J connectivity index is 2.06. The van der Waals surface area contributed by atoms with E-state index in [9.17, 15) is 22.8 Å². The zero-order valence-corrected chi connectivity index (χ0v) is 14.4. The fraction of sp³-hybridized carbons (Fsp3) is 0.333. The number of aromatic nitrogens is 3. The van der Waals surface area contributed by atoms with Gasteiger partial charge < -0.3 is 10.1 Å². The van der Waals surface area contributed by atoms with Gasteiger partial charge in [0, 0.05) is 12.1 Å². The first-order valence-electron chi connectivity index (χ1n) is 7.32. The average Bonchev–Trinajstić information content (AvgIpc) is 3.03. The normalized spacial score (nSPS) is 12.5. The van der Waals surface area contributed by atoms with Gasteiger partial charge in [0.25, 0.3) is 5.91 Å². The van der Waals surface area contributed by atoms with Crippen molar-refractivity contribution in [1.82, 2.24) is 20.1 Å². The van der Waals surface area contributed by atoms with Crippen LogP contribution in [0.15, 0.2) is 41.8 Å². The van der Waals surface area contributed by atoms with Crippen molar-refractivity contribution in [3.63, 3.8) is 0 Å². The van der Waals surface area contributed by atoms with E-state index in [1.807, 2.05) is 0 Å². The van der Waals surface area contributed by atoms with Gasteiger partial charge in [0.05, 0.1) is 7.11 Å². The van der Waals surface area contributed by atoms with E-state index in [2.05, 4.69) is 20.3 Å². The van der Waals surface area contributed by atoms with E-state index in [-0.39, 0.29) is 11.7 Å². The molecule has 11 heteroatoms. The number of hydrogen-bond acceptors (Lipinski definition) is 6. The molecule has 0 aliphatic heterocycles. The fourth-order valence-corrected chi connectivity index (χ4v) is 2.90. The minimum atomic E-state index is -4.46. The van der Waals surface area contributed by atoms with Crippen LogP contribution >= 0.6 is 11.8 Å². The molecule has 0 aliphatic rings. The summed E-state index contributed by atoms with van der Waals surface area (Å²) in [4.78, 5) is 24.0. The Morgan fingerprint density at radius 2 is 2.00 bits per heavy atom. The molecule has 2 rings (SSSR count). The molecule has 0 fully saturated rings. The summed E-state index contributed by atoms with van der Waals surface area (Å²) in [6.45, 7) is -1.43. The summed E-state index contributed by atoms with van der Waals surface area (Å²) in [6.07, 6.45) is -3.54. The molecule has 1 amide bonds. The highest BCUT2D eigenvalue weighted by Gasteiger charge is 2.31. The molecular formula is C15H15F3N4O3S. The van der Waals surface area contributed by atoms with Crippen LogP contribution in [0.1, 0.15) is 10.4 Å². The number of thioether (sulfide) groups is 1. The van der Waals surface area contributed by atoms with Gasteiger partial charge in [-0.05, 0) is 12.1 Å². The van der Waals surface area contributed by atoms with Gasteiger partial charge in [-0.2, -0.15) is 13.2 Å². The maximum Gasteiger partial charge on any atom is 0.406 e. The lowest BCUT2D eigenvalue weighted by Crippen LogP contribution is -2.35. The Morgan fingerprint density at radius 3 is 2.62 bits per heavy atom. The van der Waals surface area contributed by atoms with Gasteiger partial charge in [-0.1, -0.05) is 30.0 Å². The number of amides is 1. The van der Waals surface area contributed by atoms with Gasteiger partial charge in [-0.3, -0.25) is 14.2 Å². The van der Waals surface area contributed by atoms with Crippen LogP contribution in [-0.4, -0.2) is 51.7 Å². The van der Waals surface area contributed by atoms with Crippen LogP contribution in [0.2, 0.25) is 0 Å². The van der Waals surface area contributed by atoms with Gasteiger partial charge in [0.1, 0.15) is 18.1 Å². The van der Waals surface area contributed by atoms with Crippen LogP contribution in [0.25, 0.3) is 0 Å². The molecule has 1 aromatic carbocycles. The molecule has 0 saturated heterocycles. The monoisotopic (exact) mass is 388 g/mol. The lowest BCUT2D eigenvalue weighted by atomic mass is 10.2. The summed E-state index contributed by atoms with van der Waals surface area (Å²) in [5, 5.41) is 8.50. The average molecular weight is 388 g/mol. The maximum atomic E-state index is 12.6. The van der Waals surface area contributed by atoms with E-state index in [1.54, 1.807) is 30.3 Å². The molecule has 0 bridgehead atoms. The first-order valence-corrected chi connectivity index (χ1v) is 8.20. The molecule has 26 heavy (non-hydrogen) atoms. The number of ether oxygens (including phenoxy) is 1. The van der Waals surface area contributed by atoms with E-state index in [0.29, 0.717) is 5.56 Å². The number of carbonyl (C=O) groups is 2. The molecule has 0 spiro atoms. The molecule has 0 radical (unpaired) electrons. The second-order valence-electron chi connectivity index (χ2n) is 5.06. The van der Waals surface area contributed by atoms with Gasteiger partial charge in [-0.15, -0.1) is 10.2 Å². The molecule has 1 atom stereocenters. The van der Waals surface area contributed by atoms with Gasteiger partial charge in [0.15, 0.2) is 5.16 Å². The van der Waals surface area contributed by atoms with Crippen LogP contribution in [0.4, 0.5) is 13.2 Å². The Hall–Kier alpha value is -2.56. The molecule has 0 saturated carbocycles. The highest BCUT2D eigenvalue weighted by atomic mass is 32.2. The molecule has 1 unspecified atom stereocenters. The summed E-state index contributed by atoms with van der Waals surface area (Å²) in [5.41, 5.74) is 0.390. The quantitative estimate of drug-likeness (QED) is 0.576. The predicted octanol–water partition coefficient (Wildman–Crippen LogP) is 1.90. The molecule has 7 nitrogen and oxygen atoms in total. The van der Waals surface area contributed by atoms with Crippen molar-refractivity contribution >= 4 is 23.6 Å². The number of halogens is 3. The first-order chi connectivity index (χ1) is 12.3. The minimum absolute atomic E-state index is 0.105. The number of methoxy groups -OCH3 is 1. The molecule has 2 aromatic rings. The number of rotatable bonds is 7. The summed E-state index contributed by atoms with van der Waals surface area (Å²) in [6, 6.07) is 8.30. The van der Waals surface area contributed by atoms with Crippen LogP contribution in [0.5, 0.6) is 0 Å². The Morgan fingerprint density at radius 1 is 1.31 bits per heavy atom. The van der Waals surface area contributed by atoms with E-state index >= 15 is 0 Å². The number of hydrogen-bond donors (Lipinski definition) is 1. The van der Waals surface area contributed by atoms with E-state index < -0.39 is 29.8 Å². The van der Waals surface area contributed by atoms with Crippen molar-refractivity contribution in [1.29, 1.82) is 0 Å². The summed E-state index contributed by atoms with van der Waals surface area (Å²) < 4.78 is 43.1. The van der Waals surface area contributed by atoms with Crippen LogP contribution in [0, 0.1) is 0 Å². The highest BCUT2D eigenvalue weighted by Crippen LogP contribution is 2.25. The van der Waals surface area contributed by atoms with Gasteiger partial charge in [-0.25, -0.2) is 0 Å². The van der Waals surface area contributed by atoms with Crippen molar-refractivity contribution < 1.29 is 27.5 Å². The number of carbonyl (C=O) groups excluding carboxylic acids is 2. The van der Waals surface area contributed by atoms with Crippen molar-refractivity contribution in [3.05, 3.63) is 42.2 Å². The topological polar surface area (TPSA) is 86.1 Å². The third kappa shape index (κ3) is 5.76. The molecule has 140 valence electrons. The second-order valence-corrected chi connectivity index (χ2v) is 6.23. The summed E-state index contributed by atoms with van der Waals surface area (Å²) in [7, 11) is 1.15. The summed E-state index contributed by atoms with van der Waals surface area (Å²) >= 11 is 0.733. The largest absolute Gasteiger partial charge is 0.468 e. The lowest BCUT2D eigenvalue weighted by molar-refractivity contribution is -0.142. The molecule has 1 aromatic heterocycles. The molecule has 0 aliphatic carbocycles. The standard InChI is InChI=1S/C15H15F3N4O3S/c1-25-13(24)11(7-19-12(23)10-5-3-2-4-6-10)26-14-21-20-9-22(14)8-15(16,17)18/h2-6,9,11H,7-8H2,1H3,(H,19,23). The number of benzene rings is 1. The zero-order valence-electron chi connectivity index (χ0n) is 13.6. The number of nitrogens with one attached hydrogen (secondary N) is 1. The zero-order chi connectivity index (χ0) is 19.2. The highest BCUT2D eigenvalue weighted by molar-refractivity contribution is 8.00. The first kappa shape index (κ1) is 19.8. The minimum Gasteiger partial charge on any atom is -0.468 e. The van der Waals surface area contributed by atoms with Gasteiger partial charge in [0.2, 0.25) is 0 Å². The number of alkyl halides is 3. The van der Waals surface area contributed by atoms with Crippen LogP contribution in [-0.2, 0) is 16.1 Å². The van der Waals surface area contributed by atoms with Gasteiger partial charge >= 0.3 is 12.1 Å². The number of esters is 1. The van der Waals surface area contributed by atoms with E-state index in [1.165, 1.54) is 0 Å². The van der Waals surface area contributed by atoms with Crippen molar-refractivity contribution in [2.75, 3.05) is 13.7 Å². The summed E-state index contributed by atoms with van der Waals surface area (Å²) in [5.74, 6) is -1.12. The molecule has 1 N–H and O–H groups in total. The van der Waals surface area contributed by atoms with Crippen LogP contribution < -0.4 is 5.32 Å². The molecule has 1 heterocycles.